The Morgan fingerprint density at radius 2 is 1.68 bits per heavy atom. The van der Waals surface area contributed by atoms with E-state index < -0.39 is 0 Å². The number of aromatic amines is 1. The largest absolute Gasteiger partial charge is 0.340 e. The molecule has 0 saturated heterocycles. The van der Waals surface area contributed by atoms with Crippen LogP contribution in [-0.4, -0.2) is 25.8 Å². The topological polar surface area (TPSA) is 113 Å². The Morgan fingerprint density at radius 3 is 2.45 bits per heavy atom. The molecule has 1 amide bonds. The number of nitrogens with zero attached hydrogens (tertiary/aromatic N) is 3. The van der Waals surface area contributed by atoms with Gasteiger partial charge in [-0.05, 0) is 32.0 Å². The zero-order valence-corrected chi connectivity index (χ0v) is 17.0. The second kappa shape index (κ2) is 8.58. The SMILES string of the molecule is Cc1nc(Nc2cccc(C(=O)Nc3cc(=O)[nH]c(C)n3)c2)cc(-c2ccccc2)n1. The van der Waals surface area contributed by atoms with Crippen molar-refractivity contribution in [2.75, 3.05) is 10.6 Å². The normalized spacial score (nSPS) is 10.5. The maximum atomic E-state index is 12.6. The van der Waals surface area contributed by atoms with Crippen molar-refractivity contribution in [2.24, 2.45) is 0 Å². The van der Waals surface area contributed by atoms with Crippen LogP contribution in [0.5, 0.6) is 0 Å². The fourth-order valence-corrected chi connectivity index (χ4v) is 3.11. The summed E-state index contributed by atoms with van der Waals surface area (Å²) >= 11 is 0. The van der Waals surface area contributed by atoms with Crippen LogP contribution in [0.25, 0.3) is 11.3 Å². The summed E-state index contributed by atoms with van der Waals surface area (Å²) in [6.07, 6.45) is 0. The van der Waals surface area contributed by atoms with E-state index in [2.05, 4.69) is 30.6 Å². The molecule has 31 heavy (non-hydrogen) atoms. The molecule has 2 aromatic carbocycles. The van der Waals surface area contributed by atoms with Crippen LogP contribution in [0.2, 0.25) is 0 Å². The molecule has 154 valence electrons. The smallest absolute Gasteiger partial charge is 0.256 e. The summed E-state index contributed by atoms with van der Waals surface area (Å²) in [6, 6.07) is 19.9. The Balaban J connectivity index is 1.56. The number of anilines is 3. The van der Waals surface area contributed by atoms with Crippen molar-refractivity contribution in [1.82, 2.24) is 19.9 Å². The minimum Gasteiger partial charge on any atom is -0.340 e. The summed E-state index contributed by atoms with van der Waals surface area (Å²) < 4.78 is 0. The first-order chi connectivity index (χ1) is 15.0. The van der Waals surface area contributed by atoms with E-state index in [0.29, 0.717) is 28.7 Å². The standard InChI is InChI=1S/C23H20N6O2/c1-14-24-19(16-7-4-3-5-8-16)12-20(25-14)28-18-10-6-9-17(11-18)23(31)29-21-13-22(30)27-15(2)26-21/h3-13H,1-2H3,(H,24,25,28)(H2,26,27,29,30,31). The molecule has 2 heterocycles. The van der Waals surface area contributed by atoms with Gasteiger partial charge in [-0.2, -0.15) is 0 Å². The van der Waals surface area contributed by atoms with Crippen LogP contribution in [0.15, 0.2) is 71.5 Å². The van der Waals surface area contributed by atoms with Crippen molar-refractivity contribution in [2.45, 2.75) is 13.8 Å². The van der Waals surface area contributed by atoms with Gasteiger partial charge in [-0.25, -0.2) is 15.0 Å². The van der Waals surface area contributed by atoms with E-state index in [1.165, 1.54) is 6.07 Å². The van der Waals surface area contributed by atoms with Crippen LogP contribution < -0.4 is 16.2 Å². The lowest BCUT2D eigenvalue weighted by molar-refractivity contribution is 0.102. The first kappa shape index (κ1) is 20.0. The Bertz CT molecular complexity index is 1300. The molecule has 2 aromatic heterocycles. The first-order valence-corrected chi connectivity index (χ1v) is 9.64. The number of H-pyrrole nitrogens is 1. The highest BCUT2D eigenvalue weighted by atomic mass is 16.2. The molecule has 0 saturated carbocycles. The number of carbonyl (C=O) groups is 1. The van der Waals surface area contributed by atoms with Gasteiger partial charge in [0.25, 0.3) is 11.5 Å². The second-order valence-corrected chi connectivity index (χ2v) is 6.93. The molecule has 0 radical (unpaired) electrons. The molecule has 8 nitrogen and oxygen atoms in total. The van der Waals surface area contributed by atoms with Crippen molar-refractivity contribution < 1.29 is 4.79 Å². The zero-order valence-electron chi connectivity index (χ0n) is 17.0. The molecule has 0 unspecified atom stereocenters. The molecule has 4 rings (SSSR count). The lowest BCUT2D eigenvalue weighted by atomic mass is 10.1. The number of rotatable bonds is 5. The quantitative estimate of drug-likeness (QED) is 0.459. The van der Waals surface area contributed by atoms with E-state index in [1.54, 1.807) is 25.1 Å². The Morgan fingerprint density at radius 1 is 0.871 bits per heavy atom. The van der Waals surface area contributed by atoms with Crippen molar-refractivity contribution in [1.29, 1.82) is 0 Å². The van der Waals surface area contributed by atoms with Crippen molar-refractivity contribution >= 4 is 23.2 Å². The summed E-state index contributed by atoms with van der Waals surface area (Å²) in [5, 5.41) is 5.88. The zero-order chi connectivity index (χ0) is 21.8. The molecule has 0 atom stereocenters. The lowest BCUT2D eigenvalue weighted by Crippen LogP contribution is -2.17. The van der Waals surface area contributed by atoms with E-state index in [4.69, 9.17) is 0 Å². The van der Waals surface area contributed by atoms with Crippen LogP contribution in [0.3, 0.4) is 0 Å². The molecular weight excluding hydrogens is 392 g/mol. The van der Waals surface area contributed by atoms with Gasteiger partial charge in [0.2, 0.25) is 0 Å². The first-order valence-electron chi connectivity index (χ1n) is 9.64. The van der Waals surface area contributed by atoms with Gasteiger partial charge in [0, 0.05) is 28.9 Å². The molecule has 0 aliphatic rings. The number of carbonyl (C=O) groups excluding carboxylic acids is 1. The highest BCUT2D eigenvalue weighted by molar-refractivity contribution is 6.04. The summed E-state index contributed by atoms with van der Waals surface area (Å²) in [5.41, 5.74) is 2.58. The molecular formula is C23H20N6O2. The van der Waals surface area contributed by atoms with E-state index >= 15 is 0 Å². The van der Waals surface area contributed by atoms with E-state index in [-0.39, 0.29) is 17.3 Å². The molecule has 4 aromatic rings. The third-order valence-corrected chi connectivity index (χ3v) is 4.41. The van der Waals surface area contributed by atoms with Gasteiger partial charge in [-0.15, -0.1) is 0 Å². The Kier molecular flexibility index (Phi) is 5.53. The number of hydrogen-bond acceptors (Lipinski definition) is 6. The molecule has 8 heteroatoms. The predicted octanol–water partition coefficient (Wildman–Crippen LogP) is 3.84. The predicted molar refractivity (Wildman–Crippen MR) is 119 cm³/mol. The summed E-state index contributed by atoms with van der Waals surface area (Å²) in [5.74, 6) is 1.50. The van der Waals surface area contributed by atoms with Gasteiger partial charge >= 0.3 is 0 Å². The summed E-state index contributed by atoms with van der Waals surface area (Å²) in [6.45, 7) is 3.48. The van der Waals surface area contributed by atoms with Crippen LogP contribution in [0, 0.1) is 13.8 Å². The van der Waals surface area contributed by atoms with Crippen LogP contribution in [0.4, 0.5) is 17.3 Å². The third kappa shape index (κ3) is 4.99. The summed E-state index contributed by atoms with van der Waals surface area (Å²) in [4.78, 5) is 39.8. The number of aromatic nitrogens is 4. The van der Waals surface area contributed by atoms with Crippen LogP contribution in [-0.2, 0) is 0 Å². The number of aryl methyl sites for hydroxylation is 2. The van der Waals surface area contributed by atoms with Crippen molar-refractivity contribution in [3.8, 4) is 11.3 Å². The number of amides is 1. The molecule has 3 N–H and O–H groups in total. The van der Waals surface area contributed by atoms with E-state index in [1.807, 2.05) is 49.4 Å². The second-order valence-electron chi connectivity index (χ2n) is 6.93. The maximum absolute atomic E-state index is 12.6. The summed E-state index contributed by atoms with van der Waals surface area (Å²) in [7, 11) is 0. The molecule has 0 aliphatic heterocycles. The fourth-order valence-electron chi connectivity index (χ4n) is 3.11. The Hall–Kier alpha value is -4.33. The van der Waals surface area contributed by atoms with E-state index in [0.717, 1.165) is 11.3 Å². The third-order valence-electron chi connectivity index (χ3n) is 4.41. The fraction of sp³-hybridized carbons (Fsp3) is 0.0870. The van der Waals surface area contributed by atoms with Gasteiger partial charge in [0.05, 0.1) is 5.69 Å². The number of hydrogen-bond donors (Lipinski definition) is 3. The monoisotopic (exact) mass is 412 g/mol. The van der Waals surface area contributed by atoms with Crippen LogP contribution >= 0.6 is 0 Å². The molecule has 0 bridgehead atoms. The number of nitrogens with one attached hydrogen (secondary N) is 3. The van der Waals surface area contributed by atoms with Gasteiger partial charge in [0.15, 0.2) is 0 Å². The maximum Gasteiger partial charge on any atom is 0.256 e. The van der Waals surface area contributed by atoms with Gasteiger partial charge in [-0.3, -0.25) is 9.59 Å². The highest BCUT2D eigenvalue weighted by Gasteiger charge is 2.10. The lowest BCUT2D eigenvalue weighted by Gasteiger charge is -2.10. The minimum atomic E-state index is -0.370. The van der Waals surface area contributed by atoms with Gasteiger partial charge in [-0.1, -0.05) is 36.4 Å². The average molecular weight is 412 g/mol. The van der Waals surface area contributed by atoms with Gasteiger partial charge < -0.3 is 15.6 Å². The average Bonchev–Trinajstić information content (AvgIpc) is 2.73. The molecule has 0 spiro atoms. The number of benzene rings is 2. The molecule has 0 aliphatic carbocycles. The minimum absolute atomic E-state index is 0.198. The van der Waals surface area contributed by atoms with Crippen molar-refractivity contribution in [3.63, 3.8) is 0 Å². The van der Waals surface area contributed by atoms with E-state index in [9.17, 15) is 9.59 Å². The highest BCUT2D eigenvalue weighted by Crippen LogP contribution is 2.22. The van der Waals surface area contributed by atoms with Gasteiger partial charge in [0.1, 0.15) is 23.3 Å². The Labute approximate surface area is 178 Å². The van der Waals surface area contributed by atoms with Crippen molar-refractivity contribution in [3.05, 3.63) is 94.3 Å². The molecule has 0 fully saturated rings. The van der Waals surface area contributed by atoms with Crippen LogP contribution in [0.1, 0.15) is 22.0 Å².